The van der Waals surface area contributed by atoms with Gasteiger partial charge in [-0.1, -0.05) is 23.7 Å². The van der Waals surface area contributed by atoms with Gasteiger partial charge in [0.25, 0.3) is 5.91 Å². The molecule has 3 rings (SSSR count). The third-order valence-corrected chi connectivity index (χ3v) is 7.39. The second-order valence-electron chi connectivity index (χ2n) is 8.31. The van der Waals surface area contributed by atoms with Gasteiger partial charge in [0.15, 0.2) is 9.84 Å². The van der Waals surface area contributed by atoms with Crippen LogP contribution in [0.1, 0.15) is 53.2 Å². The van der Waals surface area contributed by atoms with E-state index < -0.39 is 66.6 Å². The van der Waals surface area contributed by atoms with Crippen LogP contribution in [-0.4, -0.2) is 37.5 Å². The van der Waals surface area contributed by atoms with E-state index in [4.69, 9.17) is 11.6 Å². The number of rotatable bonds is 5. The Hall–Kier alpha value is -2.24. The molecular weight excluding hydrogens is 505 g/mol. The highest BCUT2D eigenvalue weighted by atomic mass is 35.5. The van der Waals surface area contributed by atoms with Gasteiger partial charge < -0.3 is 10.4 Å². The molecule has 1 atom stereocenters. The lowest BCUT2D eigenvalue weighted by Crippen LogP contribution is -2.49. The standard InChI is InChI=1S/C22H21ClF5NO4S/c1-34(32,33)17-6-5-12(22(26,27)28)11-15(17)20(30)29-19(14-3-2-4-16(25)18(14)23)21(31)9-7-13(24)8-10-21/h2-6,11,13,19,31H,7-10H2,1H3,(H,29,30)/t13-,19?,21+. The summed E-state index contributed by atoms with van der Waals surface area (Å²) in [6, 6.07) is 3.72. The van der Waals surface area contributed by atoms with Crippen molar-refractivity contribution in [1.29, 1.82) is 0 Å². The summed E-state index contributed by atoms with van der Waals surface area (Å²) >= 11 is 6.06. The van der Waals surface area contributed by atoms with E-state index in [0.717, 1.165) is 12.3 Å². The van der Waals surface area contributed by atoms with Crippen LogP contribution in [0.2, 0.25) is 5.02 Å². The molecule has 34 heavy (non-hydrogen) atoms. The van der Waals surface area contributed by atoms with Crippen LogP contribution in [-0.2, 0) is 16.0 Å². The largest absolute Gasteiger partial charge is 0.416 e. The maximum Gasteiger partial charge on any atom is 0.416 e. The molecule has 1 amide bonds. The van der Waals surface area contributed by atoms with Crippen molar-refractivity contribution < 1.29 is 40.3 Å². The number of amides is 1. The Morgan fingerprint density at radius 3 is 2.38 bits per heavy atom. The van der Waals surface area contributed by atoms with E-state index in [1.54, 1.807) is 0 Å². The molecule has 1 unspecified atom stereocenters. The molecule has 0 aliphatic heterocycles. The highest BCUT2D eigenvalue weighted by Gasteiger charge is 2.44. The number of hydrogen-bond acceptors (Lipinski definition) is 4. The molecule has 0 bridgehead atoms. The molecule has 2 aromatic carbocycles. The number of halogens is 6. The van der Waals surface area contributed by atoms with Gasteiger partial charge in [0.05, 0.1) is 32.7 Å². The Balaban J connectivity index is 2.12. The molecule has 5 nitrogen and oxygen atoms in total. The zero-order valence-corrected chi connectivity index (χ0v) is 19.4. The number of nitrogens with one attached hydrogen (secondary N) is 1. The average Bonchev–Trinajstić information content (AvgIpc) is 2.74. The number of sulfone groups is 1. The Kier molecular flexibility index (Phi) is 7.31. The molecule has 1 aliphatic carbocycles. The van der Waals surface area contributed by atoms with Gasteiger partial charge in [-0.15, -0.1) is 0 Å². The van der Waals surface area contributed by atoms with Crippen LogP contribution in [0.4, 0.5) is 22.0 Å². The van der Waals surface area contributed by atoms with Gasteiger partial charge in [-0.3, -0.25) is 4.79 Å². The summed E-state index contributed by atoms with van der Waals surface area (Å²) in [4.78, 5) is 12.5. The minimum absolute atomic E-state index is 0.0754. The van der Waals surface area contributed by atoms with Gasteiger partial charge in [-0.2, -0.15) is 13.2 Å². The molecule has 1 aliphatic rings. The van der Waals surface area contributed by atoms with Crippen molar-refractivity contribution in [3.63, 3.8) is 0 Å². The van der Waals surface area contributed by atoms with E-state index in [0.29, 0.717) is 18.2 Å². The van der Waals surface area contributed by atoms with Crippen molar-refractivity contribution in [1.82, 2.24) is 5.32 Å². The predicted octanol–water partition coefficient (Wildman–Crippen LogP) is 5.02. The minimum atomic E-state index is -4.87. The van der Waals surface area contributed by atoms with Crippen molar-refractivity contribution in [3.8, 4) is 0 Å². The lowest BCUT2D eigenvalue weighted by atomic mass is 9.76. The van der Waals surface area contributed by atoms with Gasteiger partial charge in [-0.05, 0) is 55.5 Å². The molecule has 0 aromatic heterocycles. The van der Waals surface area contributed by atoms with Crippen molar-refractivity contribution in [3.05, 3.63) is 63.9 Å². The van der Waals surface area contributed by atoms with Crippen molar-refractivity contribution in [2.75, 3.05) is 6.26 Å². The van der Waals surface area contributed by atoms with E-state index in [2.05, 4.69) is 5.32 Å². The SMILES string of the molecule is CS(=O)(=O)c1ccc(C(F)(F)F)cc1C(=O)NC(c1cccc(F)c1Cl)[C@]1(O)CC[C@@H](F)CC1. The van der Waals surface area contributed by atoms with Gasteiger partial charge in [0, 0.05) is 6.26 Å². The number of benzene rings is 2. The van der Waals surface area contributed by atoms with E-state index in [1.807, 2.05) is 0 Å². The summed E-state index contributed by atoms with van der Waals surface area (Å²) in [7, 11) is -4.13. The quantitative estimate of drug-likeness (QED) is 0.537. The highest BCUT2D eigenvalue weighted by Crippen LogP contribution is 2.42. The summed E-state index contributed by atoms with van der Waals surface area (Å²) in [5, 5.41) is 13.2. The van der Waals surface area contributed by atoms with Crippen molar-refractivity contribution in [2.45, 2.75) is 54.6 Å². The van der Waals surface area contributed by atoms with Crippen LogP contribution in [0.15, 0.2) is 41.3 Å². The number of aliphatic hydroxyl groups is 1. The first kappa shape index (κ1) is 26.4. The van der Waals surface area contributed by atoms with E-state index in [1.165, 1.54) is 12.1 Å². The number of alkyl halides is 4. The Bertz CT molecular complexity index is 1190. The number of carbonyl (C=O) groups is 1. The van der Waals surface area contributed by atoms with E-state index in [9.17, 15) is 40.3 Å². The summed E-state index contributed by atoms with van der Waals surface area (Å²) in [6.07, 6.45) is -5.82. The summed E-state index contributed by atoms with van der Waals surface area (Å²) in [5.74, 6) is -2.13. The fourth-order valence-electron chi connectivity index (χ4n) is 4.03. The zero-order chi connectivity index (χ0) is 25.5. The Morgan fingerprint density at radius 2 is 1.82 bits per heavy atom. The molecule has 12 heteroatoms. The normalized spacial score (nSPS) is 22.3. The molecule has 186 valence electrons. The number of hydrogen-bond donors (Lipinski definition) is 2. The summed E-state index contributed by atoms with van der Waals surface area (Å²) in [5.41, 5.74) is -3.97. The van der Waals surface area contributed by atoms with Gasteiger partial charge in [0.2, 0.25) is 0 Å². The van der Waals surface area contributed by atoms with Gasteiger partial charge >= 0.3 is 6.18 Å². The Labute approximate surface area is 197 Å². The fraction of sp³-hybridized carbons (Fsp3) is 0.409. The first-order valence-corrected chi connectivity index (χ1v) is 12.4. The van der Waals surface area contributed by atoms with Crippen molar-refractivity contribution in [2.24, 2.45) is 0 Å². The fourth-order valence-corrected chi connectivity index (χ4v) is 5.13. The molecule has 0 radical (unpaired) electrons. The predicted molar refractivity (Wildman–Crippen MR) is 114 cm³/mol. The van der Waals surface area contributed by atoms with Crippen LogP contribution in [0, 0.1) is 5.82 Å². The Morgan fingerprint density at radius 1 is 1.21 bits per heavy atom. The maximum absolute atomic E-state index is 14.2. The van der Waals surface area contributed by atoms with Crippen LogP contribution in [0.3, 0.4) is 0 Å². The number of carbonyl (C=O) groups excluding carboxylic acids is 1. The molecule has 2 aromatic rings. The minimum Gasteiger partial charge on any atom is -0.387 e. The third-order valence-electron chi connectivity index (χ3n) is 5.84. The molecule has 2 N–H and O–H groups in total. The summed E-state index contributed by atoms with van der Waals surface area (Å²) in [6.45, 7) is 0. The van der Waals surface area contributed by atoms with Crippen LogP contribution in [0.25, 0.3) is 0 Å². The lowest BCUT2D eigenvalue weighted by Gasteiger charge is -2.41. The second-order valence-corrected chi connectivity index (χ2v) is 10.7. The highest BCUT2D eigenvalue weighted by molar-refractivity contribution is 7.90. The van der Waals surface area contributed by atoms with Crippen LogP contribution in [0.5, 0.6) is 0 Å². The third kappa shape index (κ3) is 5.52. The van der Waals surface area contributed by atoms with Gasteiger partial charge in [-0.25, -0.2) is 17.2 Å². The van der Waals surface area contributed by atoms with Crippen molar-refractivity contribution >= 4 is 27.3 Å². The molecule has 0 heterocycles. The smallest absolute Gasteiger partial charge is 0.387 e. The monoisotopic (exact) mass is 525 g/mol. The molecule has 0 spiro atoms. The lowest BCUT2D eigenvalue weighted by molar-refractivity contribution is -0.137. The summed E-state index contributed by atoms with van der Waals surface area (Å²) < 4.78 is 92.0. The van der Waals surface area contributed by atoms with Gasteiger partial charge in [0.1, 0.15) is 12.0 Å². The topological polar surface area (TPSA) is 83.5 Å². The average molecular weight is 526 g/mol. The molecule has 1 saturated carbocycles. The maximum atomic E-state index is 14.2. The second kappa shape index (κ2) is 9.43. The van der Waals surface area contributed by atoms with Crippen LogP contribution < -0.4 is 5.32 Å². The zero-order valence-electron chi connectivity index (χ0n) is 17.8. The first-order chi connectivity index (χ1) is 15.6. The molecule has 0 saturated heterocycles. The molecule has 1 fully saturated rings. The molecular formula is C22H21ClF5NO4S. The van der Waals surface area contributed by atoms with Crippen LogP contribution >= 0.6 is 11.6 Å². The van der Waals surface area contributed by atoms with E-state index >= 15 is 0 Å². The first-order valence-electron chi connectivity index (χ1n) is 10.2. The van der Waals surface area contributed by atoms with E-state index in [-0.39, 0.29) is 31.2 Å².